The van der Waals surface area contributed by atoms with Crippen molar-refractivity contribution in [2.75, 3.05) is 7.05 Å². The van der Waals surface area contributed by atoms with Crippen molar-refractivity contribution < 1.29 is 9.90 Å². The Bertz CT molecular complexity index is 312. The van der Waals surface area contributed by atoms with Crippen LogP contribution in [0.1, 0.15) is 10.4 Å². The summed E-state index contributed by atoms with van der Waals surface area (Å²) in [5.41, 5.74) is 0.304. The highest BCUT2D eigenvalue weighted by Crippen LogP contribution is 2.19. The van der Waals surface area contributed by atoms with Crippen molar-refractivity contribution in [1.82, 2.24) is 5.32 Å². The van der Waals surface area contributed by atoms with Gasteiger partial charge in [-0.2, -0.15) is 0 Å². The maximum atomic E-state index is 11.1. The zero-order chi connectivity index (χ0) is 9.14. The fourth-order valence-corrected chi connectivity index (χ4v) is 1.31. The van der Waals surface area contributed by atoms with Gasteiger partial charge in [0.2, 0.25) is 0 Å². The minimum atomic E-state index is -0.274. The molecule has 12 heavy (non-hydrogen) atoms. The number of amides is 1. The fraction of sp³-hybridized carbons (Fsp3) is 0.125. The Morgan fingerprint density at radius 2 is 2.25 bits per heavy atom. The van der Waals surface area contributed by atoms with E-state index in [0.29, 0.717) is 5.56 Å². The van der Waals surface area contributed by atoms with Crippen LogP contribution in [0, 0.1) is 3.57 Å². The molecule has 0 aromatic heterocycles. The van der Waals surface area contributed by atoms with E-state index < -0.39 is 0 Å². The van der Waals surface area contributed by atoms with E-state index in [1.165, 1.54) is 7.05 Å². The summed E-state index contributed by atoms with van der Waals surface area (Å²) in [4.78, 5) is 11.1. The molecule has 2 N–H and O–H groups in total. The molecule has 0 saturated carbocycles. The highest BCUT2D eigenvalue weighted by molar-refractivity contribution is 14.1. The minimum Gasteiger partial charge on any atom is -0.507 e. The van der Waals surface area contributed by atoms with E-state index in [0.717, 1.165) is 3.57 Å². The van der Waals surface area contributed by atoms with E-state index in [1.54, 1.807) is 18.2 Å². The van der Waals surface area contributed by atoms with E-state index in [-0.39, 0.29) is 11.7 Å². The molecule has 0 aliphatic rings. The number of carbonyl (C=O) groups excluding carboxylic acids is 1. The number of carbonyl (C=O) groups is 1. The fourth-order valence-electron chi connectivity index (χ4n) is 0.831. The lowest BCUT2D eigenvalue weighted by Crippen LogP contribution is -2.17. The Kier molecular flexibility index (Phi) is 2.91. The molecule has 1 amide bonds. The Morgan fingerprint density at radius 1 is 1.58 bits per heavy atom. The van der Waals surface area contributed by atoms with Crippen LogP contribution in [0.5, 0.6) is 5.75 Å². The molecule has 0 bridgehead atoms. The van der Waals surface area contributed by atoms with Crippen molar-refractivity contribution in [3.63, 3.8) is 0 Å². The summed E-state index contributed by atoms with van der Waals surface area (Å²) in [5.74, 6) is -0.259. The molecule has 0 atom stereocenters. The maximum absolute atomic E-state index is 11.1. The summed E-state index contributed by atoms with van der Waals surface area (Å²) in [6.07, 6.45) is 0. The molecule has 64 valence electrons. The first kappa shape index (κ1) is 9.31. The van der Waals surface area contributed by atoms with Gasteiger partial charge in [0, 0.05) is 10.6 Å². The Labute approximate surface area is 83.9 Å². The first-order valence-corrected chi connectivity index (χ1v) is 4.43. The lowest BCUT2D eigenvalue weighted by molar-refractivity contribution is 0.0960. The van der Waals surface area contributed by atoms with Crippen LogP contribution in [-0.2, 0) is 0 Å². The summed E-state index contributed by atoms with van der Waals surface area (Å²) < 4.78 is 0.901. The van der Waals surface area contributed by atoms with Crippen LogP contribution in [0.4, 0.5) is 0 Å². The molecule has 4 heteroatoms. The molecule has 0 spiro atoms. The molecule has 0 saturated heterocycles. The van der Waals surface area contributed by atoms with Crippen molar-refractivity contribution in [3.05, 3.63) is 27.3 Å². The lowest BCUT2D eigenvalue weighted by Gasteiger charge is -2.02. The predicted octanol–water partition coefficient (Wildman–Crippen LogP) is 1.36. The number of hydrogen-bond acceptors (Lipinski definition) is 2. The zero-order valence-electron chi connectivity index (χ0n) is 6.47. The second kappa shape index (κ2) is 3.75. The number of rotatable bonds is 1. The molecule has 1 rings (SSSR count). The standard InChI is InChI=1S/C8H8INO2/c1-10-8(12)6-3-2-5(9)4-7(6)11/h2-4,11H,1H3,(H,10,12). The van der Waals surface area contributed by atoms with Crippen molar-refractivity contribution in [2.45, 2.75) is 0 Å². The van der Waals surface area contributed by atoms with Gasteiger partial charge in [0.1, 0.15) is 5.75 Å². The van der Waals surface area contributed by atoms with Crippen LogP contribution in [0.15, 0.2) is 18.2 Å². The highest BCUT2D eigenvalue weighted by Gasteiger charge is 2.08. The number of benzene rings is 1. The monoisotopic (exact) mass is 277 g/mol. The van der Waals surface area contributed by atoms with Gasteiger partial charge in [-0.25, -0.2) is 0 Å². The topological polar surface area (TPSA) is 49.3 Å². The number of phenolic OH excluding ortho intramolecular Hbond substituents is 1. The highest BCUT2D eigenvalue weighted by atomic mass is 127. The second-order valence-corrected chi connectivity index (χ2v) is 3.49. The second-order valence-electron chi connectivity index (χ2n) is 2.24. The quantitative estimate of drug-likeness (QED) is 0.761. The number of nitrogens with one attached hydrogen (secondary N) is 1. The summed E-state index contributed by atoms with van der Waals surface area (Å²) in [6.45, 7) is 0. The molecule has 0 heterocycles. The molecule has 0 aliphatic carbocycles. The van der Waals surface area contributed by atoms with Crippen molar-refractivity contribution in [3.8, 4) is 5.75 Å². The first-order valence-electron chi connectivity index (χ1n) is 3.35. The Balaban J connectivity index is 3.09. The van der Waals surface area contributed by atoms with E-state index in [1.807, 2.05) is 0 Å². The Morgan fingerprint density at radius 3 is 2.75 bits per heavy atom. The predicted molar refractivity (Wildman–Crippen MR) is 54.2 cm³/mol. The summed E-state index contributed by atoms with van der Waals surface area (Å²) >= 11 is 2.07. The zero-order valence-corrected chi connectivity index (χ0v) is 8.62. The van der Waals surface area contributed by atoms with Gasteiger partial charge in [-0.15, -0.1) is 0 Å². The van der Waals surface area contributed by atoms with Gasteiger partial charge in [0.25, 0.3) is 5.91 Å². The minimum absolute atomic E-state index is 0.0150. The normalized spacial score (nSPS) is 9.50. The van der Waals surface area contributed by atoms with Crippen LogP contribution >= 0.6 is 22.6 Å². The molecule has 0 radical (unpaired) electrons. The third-order valence-electron chi connectivity index (χ3n) is 1.43. The molecule has 1 aromatic carbocycles. The summed E-state index contributed by atoms with van der Waals surface area (Å²) in [6, 6.07) is 4.91. The first-order chi connectivity index (χ1) is 5.65. The smallest absolute Gasteiger partial charge is 0.254 e. The average molecular weight is 277 g/mol. The van der Waals surface area contributed by atoms with Gasteiger partial charge < -0.3 is 10.4 Å². The molecular formula is C8H8INO2. The molecule has 0 aliphatic heterocycles. The van der Waals surface area contributed by atoms with E-state index in [2.05, 4.69) is 27.9 Å². The molecule has 1 aromatic rings. The number of phenols is 1. The van der Waals surface area contributed by atoms with E-state index in [9.17, 15) is 9.90 Å². The van der Waals surface area contributed by atoms with Crippen LogP contribution in [-0.4, -0.2) is 18.1 Å². The van der Waals surface area contributed by atoms with Gasteiger partial charge >= 0.3 is 0 Å². The molecule has 0 fully saturated rings. The summed E-state index contributed by atoms with van der Waals surface area (Å²) in [5, 5.41) is 11.8. The average Bonchev–Trinajstić information content (AvgIpc) is 2.03. The molecular weight excluding hydrogens is 269 g/mol. The molecule has 3 nitrogen and oxygen atoms in total. The number of aromatic hydroxyl groups is 1. The largest absolute Gasteiger partial charge is 0.507 e. The third-order valence-corrected chi connectivity index (χ3v) is 2.10. The van der Waals surface area contributed by atoms with Gasteiger partial charge in [-0.05, 0) is 40.8 Å². The van der Waals surface area contributed by atoms with Gasteiger partial charge in [0.15, 0.2) is 0 Å². The van der Waals surface area contributed by atoms with Crippen LogP contribution in [0.25, 0.3) is 0 Å². The maximum Gasteiger partial charge on any atom is 0.254 e. The van der Waals surface area contributed by atoms with Crippen LogP contribution < -0.4 is 5.32 Å². The van der Waals surface area contributed by atoms with E-state index >= 15 is 0 Å². The van der Waals surface area contributed by atoms with Gasteiger partial charge in [-0.3, -0.25) is 4.79 Å². The number of hydrogen-bond donors (Lipinski definition) is 2. The van der Waals surface area contributed by atoms with E-state index in [4.69, 9.17) is 0 Å². The third kappa shape index (κ3) is 1.88. The van der Waals surface area contributed by atoms with Gasteiger partial charge in [0.05, 0.1) is 5.56 Å². The lowest BCUT2D eigenvalue weighted by atomic mass is 10.2. The van der Waals surface area contributed by atoms with Gasteiger partial charge in [-0.1, -0.05) is 0 Å². The molecule has 0 unspecified atom stereocenters. The summed E-state index contributed by atoms with van der Waals surface area (Å²) in [7, 11) is 1.53. The van der Waals surface area contributed by atoms with Crippen molar-refractivity contribution in [2.24, 2.45) is 0 Å². The SMILES string of the molecule is CNC(=O)c1ccc(I)cc1O. The van der Waals surface area contributed by atoms with Crippen LogP contribution in [0.3, 0.4) is 0 Å². The van der Waals surface area contributed by atoms with Crippen LogP contribution in [0.2, 0.25) is 0 Å². The van der Waals surface area contributed by atoms with Crippen molar-refractivity contribution >= 4 is 28.5 Å². The van der Waals surface area contributed by atoms with Crippen molar-refractivity contribution in [1.29, 1.82) is 0 Å². The number of halogens is 1. The Hall–Kier alpha value is -0.780.